The van der Waals surface area contributed by atoms with Crippen molar-refractivity contribution in [2.24, 2.45) is 11.7 Å². The van der Waals surface area contributed by atoms with Crippen molar-refractivity contribution < 1.29 is 4.74 Å². The maximum Gasteiger partial charge on any atom is 0.118 e. The number of ether oxygens (including phenoxy) is 1. The first-order valence-corrected chi connectivity index (χ1v) is 8.10. The van der Waals surface area contributed by atoms with E-state index in [-0.39, 0.29) is 5.92 Å². The zero-order chi connectivity index (χ0) is 17.1. The maximum atomic E-state index is 9.69. The second-order valence-electron chi connectivity index (χ2n) is 6.03. The molecular weight excluding hydrogens is 298 g/mol. The first-order chi connectivity index (χ1) is 11.7. The van der Waals surface area contributed by atoms with E-state index in [0.717, 1.165) is 48.1 Å². The summed E-state index contributed by atoms with van der Waals surface area (Å²) in [7, 11) is 1.63. The van der Waals surface area contributed by atoms with E-state index in [1.165, 1.54) is 0 Å². The Labute approximate surface area is 142 Å². The quantitative estimate of drug-likeness (QED) is 0.898. The molecule has 1 aromatic rings. The molecule has 4 nitrogen and oxygen atoms in total. The Hall–Kier alpha value is -2.98. The van der Waals surface area contributed by atoms with Crippen LogP contribution in [0.4, 0.5) is 0 Å². The second-order valence-corrected chi connectivity index (χ2v) is 6.03. The van der Waals surface area contributed by atoms with Crippen molar-refractivity contribution in [3.8, 4) is 17.9 Å². The summed E-state index contributed by atoms with van der Waals surface area (Å²) in [4.78, 5) is 0. The minimum absolute atomic E-state index is 0.0532. The predicted molar refractivity (Wildman–Crippen MR) is 92.4 cm³/mol. The number of rotatable bonds is 2. The molecule has 0 spiro atoms. The Bertz CT molecular complexity index is 829. The maximum absolute atomic E-state index is 9.69. The fraction of sp³-hybridized carbons (Fsp3) is 0.300. The minimum Gasteiger partial charge on any atom is -0.497 e. The van der Waals surface area contributed by atoms with Gasteiger partial charge in [0.15, 0.2) is 0 Å². The summed E-state index contributed by atoms with van der Waals surface area (Å²) in [5.74, 6) is 0.823. The monoisotopic (exact) mass is 317 g/mol. The van der Waals surface area contributed by atoms with Crippen LogP contribution >= 0.6 is 0 Å². The van der Waals surface area contributed by atoms with E-state index in [4.69, 9.17) is 10.5 Å². The van der Waals surface area contributed by atoms with Crippen LogP contribution in [0.1, 0.15) is 31.2 Å². The average Bonchev–Trinajstić information content (AvgIpc) is 2.86. The lowest BCUT2D eigenvalue weighted by Crippen LogP contribution is -2.20. The lowest BCUT2D eigenvalue weighted by Gasteiger charge is -2.29. The molecule has 2 aliphatic rings. The van der Waals surface area contributed by atoms with Crippen molar-refractivity contribution in [2.45, 2.75) is 25.7 Å². The molecule has 0 amide bonds. The van der Waals surface area contributed by atoms with Crippen molar-refractivity contribution in [1.29, 1.82) is 10.5 Å². The summed E-state index contributed by atoms with van der Waals surface area (Å²) in [6, 6.07) is 12.1. The molecule has 1 unspecified atom stereocenters. The molecule has 0 aromatic heterocycles. The van der Waals surface area contributed by atoms with Crippen LogP contribution < -0.4 is 10.5 Å². The third kappa shape index (κ3) is 2.57. The third-order valence-corrected chi connectivity index (χ3v) is 4.76. The fourth-order valence-corrected chi connectivity index (χ4v) is 3.59. The Balaban J connectivity index is 2.24. The molecule has 0 radical (unpaired) electrons. The summed E-state index contributed by atoms with van der Waals surface area (Å²) < 4.78 is 5.22. The third-order valence-electron chi connectivity index (χ3n) is 4.76. The lowest BCUT2D eigenvalue weighted by atomic mass is 9.74. The first-order valence-electron chi connectivity index (χ1n) is 8.10. The summed E-state index contributed by atoms with van der Waals surface area (Å²) in [5.41, 5.74) is 10.3. The number of benzene rings is 1. The standard InChI is InChI=1S/C20H19N3O/c1-24-14-9-7-13(8-10-14)19-16-6-4-2-3-5-15(16)17(11-21)20(23)18(19)12-22/h5,7-10,16H,2-4,6,23H2,1H3. The molecule has 0 saturated carbocycles. The Morgan fingerprint density at radius 2 is 1.79 bits per heavy atom. The van der Waals surface area contributed by atoms with E-state index < -0.39 is 0 Å². The van der Waals surface area contributed by atoms with Gasteiger partial charge in [0.05, 0.1) is 24.0 Å². The number of nitrogens with zero attached hydrogens (tertiary/aromatic N) is 2. The van der Waals surface area contributed by atoms with Crippen molar-refractivity contribution >= 4 is 5.57 Å². The van der Waals surface area contributed by atoms with Gasteiger partial charge in [-0.1, -0.05) is 24.6 Å². The van der Waals surface area contributed by atoms with Gasteiger partial charge < -0.3 is 10.5 Å². The molecule has 0 heterocycles. The van der Waals surface area contributed by atoms with E-state index in [1.807, 2.05) is 24.3 Å². The smallest absolute Gasteiger partial charge is 0.118 e. The number of nitrogens with two attached hydrogens (primary N) is 1. The number of hydrogen-bond acceptors (Lipinski definition) is 4. The van der Waals surface area contributed by atoms with Crippen LogP contribution in [0.15, 0.2) is 52.8 Å². The molecule has 24 heavy (non-hydrogen) atoms. The van der Waals surface area contributed by atoms with Crippen molar-refractivity contribution in [3.05, 3.63) is 58.3 Å². The molecule has 3 rings (SSSR count). The summed E-state index contributed by atoms with van der Waals surface area (Å²) in [6.45, 7) is 0. The molecule has 1 aromatic carbocycles. The SMILES string of the molecule is COc1ccc(C2=C(C#N)C(N)=C(C#N)C3=CCCCCC32)cc1. The number of hydrogen-bond donors (Lipinski definition) is 1. The van der Waals surface area contributed by atoms with Gasteiger partial charge in [-0.05, 0) is 48.1 Å². The van der Waals surface area contributed by atoms with E-state index in [9.17, 15) is 10.5 Å². The van der Waals surface area contributed by atoms with Crippen molar-refractivity contribution in [1.82, 2.24) is 0 Å². The van der Waals surface area contributed by atoms with Gasteiger partial charge in [-0.25, -0.2) is 0 Å². The van der Waals surface area contributed by atoms with Gasteiger partial charge in [-0.2, -0.15) is 10.5 Å². The van der Waals surface area contributed by atoms with Crippen LogP contribution in [-0.2, 0) is 0 Å². The molecule has 4 heteroatoms. The van der Waals surface area contributed by atoms with Crippen molar-refractivity contribution in [2.75, 3.05) is 7.11 Å². The van der Waals surface area contributed by atoms with Gasteiger partial charge in [0.1, 0.15) is 17.9 Å². The first kappa shape index (κ1) is 15.9. The number of fused-ring (bicyclic) bond motifs is 1. The molecule has 0 bridgehead atoms. The zero-order valence-corrected chi connectivity index (χ0v) is 13.7. The van der Waals surface area contributed by atoms with E-state index in [1.54, 1.807) is 7.11 Å². The Kier molecular flexibility index (Phi) is 4.40. The topological polar surface area (TPSA) is 82.8 Å². The highest BCUT2D eigenvalue weighted by Gasteiger charge is 2.33. The predicted octanol–water partition coefficient (Wildman–Crippen LogP) is 3.84. The molecular formula is C20H19N3O. The average molecular weight is 317 g/mol. The summed E-state index contributed by atoms with van der Waals surface area (Å²) in [5, 5.41) is 19.2. The Morgan fingerprint density at radius 1 is 1.08 bits per heavy atom. The van der Waals surface area contributed by atoms with Crippen LogP contribution in [0.25, 0.3) is 5.57 Å². The highest BCUT2D eigenvalue weighted by atomic mass is 16.5. The molecule has 120 valence electrons. The van der Waals surface area contributed by atoms with Crippen LogP contribution in [0.2, 0.25) is 0 Å². The summed E-state index contributed by atoms with van der Waals surface area (Å²) in [6.07, 6.45) is 6.16. The van der Waals surface area contributed by atoms with Crippen LogP contribution in [0, 0.1) is 28.6 Å². The van der Waals surface area contributed by atoms with E-state index in [0.29, 0.717) is 16.8 Å². The minimum atomic E-state index is 0.0532. The molecule has 1 atom stereocenters. The van der Waals surface area contributed by atoms with E-state index in [2.05, 4.69) is 18.2 Å². The largest absolute Gasteiger partial charge is 0.497 e. The molecule has 2 N–H and O–H groups in total. The normalized spacial score (nSPS) is 20.5. The number of allylic oxidation sites excluding steroid dienone is 5. The molecule has 0 aliphatic heterocycles. The van der Waals surface area contributed by atoms with Gasteiger partial charge in [-0.15, -0.1) is 0 Å². The van der Waals surface area contributed by atoms with Gasteiger partial charge in [0, 0.05) is 5.92 Å². The zero-order valence-electron chi connectivity index (χ0n) is 13.7. The van der Waals surface area contributed by atoms with Gasteiger partial charge in [-0.3, -0.25) is 0 Å². The highest BCUT2D eigenvalue weighted by molar-refractivity contribution is 5.84. The van der Waals surface area contributed by atoms with Gasteiger partial charge in [0.25, 0.3) is 0 Å². The molecule has 0 fully saturated rings. The van der Waals surface area contributed by atoms with Crippen LogP contribution in [0.3, 0.4) is 0 Å². The summed E-state index contributed by atoms with van der Waals surface area (Å²) >= 11 is 0. The fourth-order valence-electron chi connectivity index (χ4n) is 3.59. The Morgan fingerprint density at radius 3 is 2.42 bits per heavy atom. The van der Waals surface area contributed by atoms with E-state index >= 15 is 0 Å². The van der Waals surface area contributed by atoms with Gasteiger partial charge >= 0.3 is 0 Å². The molecule has 0 saturated heterocycles. The second kappa shape index (κ2) is 6.64. The highest BCUT2D eigenvalue weighted by Crippen LogP contribution is 2.45. The van der Waals surface area contributed by atoms with Crippen molar-refractivity contribution in [3.63, 3.8) is 0 Å². The van der Waals surface area contributed by atoms with Gasteiger partial charge in [0.2, 0.25) is 0 Å². The van der Waals surface area contributed by atoms with Crippen LogP contribution in [-0.4, -0.2) is 7.11 Å². The lowest BCUT2D eigenvalue weighted by molar-refractivity contribution is 0.415. The number of nitriles is 2. The molecule has 2 aliphatic carbocycles. The number of methoxy groups -OCH3 is 1. The van der Waals surface area contributed by atoms with Crippen LogP contribution in [0.5, 0.6) is 5.75 Å².